The lowest BCUT2D eigenvalue weighted by Gasteiger charge is -2.26. The number of rotatable bonds is 11. The predicted molar refractivity (Wildman–Crippen MR) is 143 cm³/mol. The van der Waals surface area contributed by atoms with E-state index in [1.807, 2.05) is 78.9 Å². The molecule has 0 radical (unpaired) electrons. The molecule has 186 valence electrons. The van der Waals surface area contributed by atoms with Crippen molar-refractivity contribution in [2.24, 2.45) is 0 Å². The van der Waals surface area contributed by atoms with E-state index in [0.717, 1.165) is 47.3 Å². The van der Waals surface area contributed by atoms with Crippen LogP contribution in [0.4, 0.5) is 0 Å². The molecule has 3 aromatic carbocycles. The maximum absolute atomic E-state index is 5.92. The molecule has 1 fully saturated rings. The van der Waals surface area contributed by atoms with Gasteiger partial charge in [0.05, 0.1) is 12.4 Å². The molecule has 1 aromatic heterocycles. The summed E-state index contributed by atoms with van der Waals surface area (Å²) in [5, 5.41) is 8.43. The second kappa shape index (κ2) is 12.6. The first-order chi connectivity index (χ1) is 17.8. The molecule has 0 bridgehead atoms. The molecule has 2 heterocycles. The Balaban J connectivity index is 1.06. The van der Waals surface area contributed by atoms with Gasteiger partial charge in [0, 0.05) is 17.0 Å². The van der Waals surface area contributed by atoms with Gasteiger partial charge in [0.2, 0.25) is 11.8 Å². The molecule has 1 aliphatic heterocycles. The van der Waals surface area contributed by atoms with Gasteiger partial charge < -0.3 is 18.8 Å². The highest BCUT2D eigenvalue weighted by Gasteiger charge is 2.11. The Morgan fingerprint density at radius 2 is 1.50 bits per heavy atom. The van der Waals surface area contributed by atoms with Crippen molar-refractivity contribution in [3.05, 3.63) is 84.8 Å². The lowest BCUT2D eigenvalue weighted by atomic mass is 10.1. The third-order valence-corrected chi connectivity index (χ3v) is 7.07. The van der Waals surface area contributed by atoms with E-state index >= 15 is 0 Å². The highest BCUT2D eigenvalue weighted by molar-refractivity contribution is 7.98. The van der Waals surface area contributed by atoms with Crippen LogP contribution in [0.15, 0.2) is 88.2 Å². The monoisotopic (exact) mass is 501 g/mol. The van der Waals surface area contributed by atoms with Crippen LogP contribution in [0.5, 0.6) is 17.2 Å². The average molecular weight is 502 g/mol. The smallest absolute Gasteiger partial charge is 0.247 e. The minimum atomic E-state index is 0.522. The van der Waals surface area contributed by atoms with Crippen molar-refractivity contribution in [3.8, 4) is 28.7 Å². The van der Waals surface area contributed by atoms with E-state index in [2.05, 4.69) is 15.1 Å². The fourth-order valence-corrected chi connectivity index (χ4v) is 4.89. The molecule has 0 spiro atoms. The standard InChI is InChI=1S/C29H31N3O3S/c1-3-8-25(9-4-1)34-26-14-16-27(17-15-26)36-22-28-30-31-29(35-28)23-10-12-24(13-11-23)33-21-7-20-32-18-5-2-6-19-32/h1,3-4,8-17H,2,5-7,18-22H2. The van der Waals surface area contributed by atoms with Crippen LogP contribution in [0.3, 0.4) is 0 Å². The number of hydrogen-bond acceptors (Lipinski definition) is 7. The zero-order valence-electron chi connectivity index (χ0n) is 20.3. The van der Waals surface area contributed by atoms with Gasteiger partial charge in [0.1, 0.15) is 17.2 Å². The molecule has 1 saturated heterocycles. The van der Waals surface area contributed by atoms with Gasteiger partial charge >= 0.3 is 0 Å². The summed E-state index contributed by atoms with van der Waals surface area (Å²) in [6.07, 6.45) is 5.08. The molecule has 0 saturated carbocycles. The number of ether oxygens (including phenoxy) is 2. The van der Waals surface area contributed by atoms with E-state index in [1.54, 1.807) is 11.8 Å². The molecule has 0 aliphatic carbocycles. The van der Waals surface area contributed by atoms with Crippen molar-refractivity contribution in [3.63, 3.8) is 0 Å². The zero-order chi connectivity index (χ0) is 24.4. The minimum absolute atomic E-state index is 0.522. The number of thioether (sulfide) groups is 1. The summed E-state index contributed by atoms with van der Waals surface area (Å²) >= 11 is 1.65. The molecule has 0 unspecified atom stereocenters. The van der Waals surface area contributed by atoms with Crippen LogP contribution >= 0.6 is 11.8 Å². The first kappa shape index (κ1) is 24.4. The van der Waals surface area contributed by atoms with Crippen LogP contribution in [0.25, 0.3) is 11.5 Å². The molecular weight excluding hydrogens is 470 g/mol. The molecule has 5 rings (SSSR count). The Bertz CT molecular complexity index is 1190. The van der Waals surface area contributed by atoms with E-state index < -0.39 is 0 Å². The van der Waals surface area contributed by atoms with E-state index in [9.17, 15) is 0 Å². The van der Waals surface area contributed by atoms with Gasteiger partial charge in [-0.05, 0) is 93.0 Å². The number of hydrogen-bond donors (Lipinski definition) is 0. The summed E-state index contributed by atoms with van der Waals surface area (Å²) < 4.78 is 17.7. The molecule has 6 nitrogen and oxygen atoms in total. The fourth-order valence-electron chi connectivity index (χ4n) is 4.16. The first-order valence-corrected chi connectivity index (χ1v) is 13.5. The number of nitrogens with zero attached hydrogens (tertiary/aromatic N) is 3. The Hall–Kier alpha value is -3.29. The summed E-state index contributed by atoms with van der Waals surface area (Å²) in [7, 11) is 0. The number of para-hydroxylation sites is 1. The van der Waals surface area contributed by atoms with Crippen molar-refractivity contribution < 1.29 is 13.9 Å². The minimum Gasteiger partial charge on any atom is -0.494 e. The van der Waals surface area contributed by atoms with Gasteiger partial charge in [-0.3, -0.25) is 0 Å². The van der Waals surface area contributed by atoms with Crippen LogP contribution < -0.4 is 9.47 Å². The van der Waals surface area contributed by atoms with Crippen LogP contribution in [0, 0.1) is 0 Å². The number of piperidine rings is 1. The highest BCUT2D eigenvalue weighted by Crippen LogP contribution is 2.28. The van der Waals surface area contributed by atoms with E-state index in [1.165, 1.54) is 32.4 Å². The van der Waals surface area contributed by atoms with Gasteiger partial charge in [0.15, 0.2) is 0 Å². The average Bonchev–Trinajstić information content (AvgIpc) is 3.41. The molecule has 7 heteroatoms. The topological polar surface area (TPSA) is 60.6 Å². The second-order valence-corrected chi connectivity index (χ2v) is 9.85. The van der Waals surface area contributed by atoms with E-state index in [0.29, 0.717) is 17.5 Å². The third-order valence-electron chi connectivity index (χ3n) is 6.07. The van der Waals surface area contributed by atoms with Crippen molar-refractivity contribution in [1.82, 2.24) is 15.1 Å². The third kappa shape index (κ3) is 7.12. The number of likely N-dealkylation sites (tertiary alicyclic amines) is 1. The van der Waals surface area contributed by atoms with Crippen molar-refractivity contribution in [1.29, 1.82) is 0 Å². The fraction of sp³-hybridized carbons (Fsp3) is 0.310. The Morgan fingerprint density at radius 1 is 0.778 bits per heavy atom. The van der Waals surface area contributed by atoms with Gasteiger partial charge in [-0.1, -0.05) is 24.6 Å². The maximum atomic E-state index is 5.92. The van der Waals surface area contributed by atoms with Crippen molar-refractivity contribution >= 4 is 11.8 Å². The summed E-state index contributed by atoms with van der Waals surface area (Å²) in [6, 6.07) is 25.6. The maximum Gasteiger partial charge on any atom is 0.247 e. The second-order valence-electron chi connectivity index (χ2n) is 8.80. The number of benzene rings is 3. The molecule has 0 amide bonds. The van der Waals surface area contributed by atoms with Crippen LogP contribution in [-0.2, 0) is 5.75 Å². The van der Waals surface area contributed by atoms with Crippen LogP contribution in [0.2, 0.25) is 0 Å². The molecule has 0 N–H and O–H groups in total. The summed E-state index contributed by atoms with van der Waals surface area (Å²) in [5.74, 6) is 4.21. The summed E-state index contributed by atoms with van der Waals surface area (Å²) in [6.45, 7) is 4.31. The Kier molecular flexibility index (Phi) is 8.55. The quantitative estimate of drug-likeness (QED) is 0.161. The van der Waals surface area contributed by atoms with Crippen LogP contribution in [-0.4, -0.2) is 41.3 Å². The molecule has 36 heavy (non-hydrogen) atoms. The van der Waals surface area contributed by atoms with E-state index in [-0.39, 0.29) is 0 Å². The molecule has 1 aliphatic rings. The lowest BCUT2D eigenvalue weighted by Crippen LogP contribution is -2.31. The number of aromatic nitrogens is 2. The predicted octanol–water partition coefficient (Wildman–Crippen LogP) is 7.08. The lowest BCUT2D eigenvalue weighted by molar-refractivity contribution is 0.205. The molecular formula is C29H31N3O3S. The van der Waals surface area contributed by atoms with Crippen molar-refractivity contribution in [2.45, 2.75) is 36.3 Å². The largest absolute Gasteiger partial charge is 0.494 e. The highest BCUT2D eigenvalue weighted by atomic mass is 32.2. The zero-order valence-corrected chi connectivity index (χ0v) is 21.2. The molecule has 0 atom stereocenters. The molecule has 4 aromatic rings. The van der Waals surface area contributed by atoms with E-state index in [4.69, 9.17) is 13.9 Å². The van der Waals surface area contributed by atoms with Gasteiger partial charge in [-0.25, -0.2) is 0 Å². The van der Waals surface area contributed by atoms with Gasteiger partial charge in [-0.2, -0.15) is 0 Å². The van der Waals surface area contributed by atoms with Gasteiger partial charge in [-0.15, -0.1) is 22.0 Å². The Labute approximate surface area is 216 Å². The SMILES string of the molecule is c1ccc(Oc2ccc(SCc3nnc(-c4ccc(OCCCN5CCCCC5)cc4)o3)cc2)cc1. The summed E-state index contributed by atoms with van der Waals surface area (Å²) in [5.41, 5.74) is 0.891. The van der Waals surface area contributed by atoms with Crippen molar-refractivity contribution in [2.75, 3.05) is 26.2 Å². The normalized spacial score (nSPS) is 14.0. The van der Waals surface area contributed by atoms with Crippen LogP contribution in [0.1, 0.15) is 31.6 Å². The van der Waals surface area contributed by atoms with Gasteiger partial charge in [0.25, 0.3) is 0 Å². The first-order valence-electron chi connectivity index (χ1n) is 12.6. The Morgan fingerprint density at radius 3 is 2.28 bits per heavy atom. The summed E-state index contributed by atoms with van der Waals surface area (Å²) in [4.78, 5) is 3.65.